The van der Waals surface area contributed by atoms with Gasteiger partial charge in [0.05, 0.1) is 101 Å². The molecule has 0 bridgehead atoms. The average molecular weight is 950 g/mol. The monoisotopic (exact) mass is 949 g/mol. The van der Waals surface area contributed by atoms with Crippen molar-refractivity contribution in [2.45, 2.75) is 56.4 Å². The molecule has 0 saturated heterocycles. The lowest BCUT2D eigenvalue weighted by atomic mass is 9.93. The molecule has 1 unspecified atom stereocenters. The summed E-state index contributed by atoms with van der Waals surface area (Å²) in [4.78, 5) is -0.956. The highest BCUT2D eigenvalue weighted by atomic mass is 32.2. The van der Waals surface area contributed by atoms with E-state index < -0.39 is 74.7 Å². The van der Waals surface area contributed by atoms with Crippen molar-refractivity contribution in [3.63, 3.8) is 0 Å². The second kappa shape index (κ2) is 22.4. The lowest BCUT2D eigenvalue weighted by molar-refractivity contribution is -0.0170. The van der Waals surface area contributed by atoms with E-state index in [0.717, 1.165) is 33.0 Å². The molecule has 22 heteroatoms. The summed E-state index contributed by atoms with van der Waals surface area (Å²) in [5.74, 6) is -2.05. The summed E-state index contributed by atoms with van der Waals surface area (Å²) in [5, 5.41) is 5.91. The average Bonchev–Trinajstić information content (AvgIpc) is 3.18. The molecule has 0 amide bonds. The third-order valence-corrected chi connectivity index (χ3v) is 14.9. The molecule has 0 saturated carbocycles. The summed E-state index contributed by atoms with van der Waals surface area (Å²) < 4.78 is 154. The van der Waals surface area contributed by atoms with Gasteiger partial charge in [-0.1, -0.05) is 51.1 Å². The van der Waals surface area contributed by atoms with Crippen LogP contribution in [0.2, 0.25) is 0 Å². The number of anilines is 1. The highest BCUT2D eigenvalue weighted by molar-refractivity contribution is 7.90. The van der Waals surface area contributed by atoms with Gasteiger partial charge < -0.3 is 38.1 Å². The van der Waals surface area contributed by atoms with E-state index in [2.05, 4.69) is 26.1 Å². The number of hydrogen-bond acceptors (Lipinski definition) is 16. The zero-order valence-electron chi connectivity index (χ0n) is 36.1. The fraction of sp³-hybridized carbons (Fsp3) is 0.600. The van der Waals surface area contributed by atoms with Crippen LogP contribution in [0.1, 0.15) is 40.5 Å². The SMILES string of the molecule is CC(CCCOCCOCCOCCOCCOCC(C)(C)C)Nc1ccc2ccc3c(S(=O)(=O)N(C)CCS(=O)(=O)[O-])cc(S(=O)(=O)N(C)CCS(=O)(=O)[O-])c4ccc1c2c34. The molecule has 0 aromatic heterocycles. The minimum absolute atomic E-state index is 0.0470. The highest BCUT2D eigenvalue weighted by Gasteiger charge is 2.32. The van der Waals surface area contributed by atoms with Gasteiger partial charge in [0.1, 0.15) is 0 Å². The van der Waals surface area contributed by atoms with Gasteiger partial charge in [0, 0.05) is 67.1 Å². The van der Waals surface area contributed by atoms with Crippen molar-refractivity contribution < 1.29 is 66.5 Å². The number of nitrogens with zero attached hydrogens (tertiary/aromatic N) is 2. The molecule has 4 aromatic carbocycles. The Hall–Kier alpha value is -2.84. The lowest BCUT2D eigenvalue weighted by Crippen LogP contribution is -2.33. The lowest BCUT2D eigenvalue weighted by Gasteiger charge is -2.24. The van der Waals surface area contributed by atoms with E-state index >= 15 is 0 Å². The van der Waals surface area contributed by atoms with E-state index in [-0.39, 0.29) is 27.6 Å². The Morgan fingerprint density at radius 1 is 0.597 bits per heavy atom. The predicted octanol–water partition coefficient (Wildman–Crippen LogP) is 3.63. The Morgan fingerprint density at radius 3 is 1.48 bits per heavy atom. The maximum absolute atomic E-state index is 14.1. The number of sulfonamides is 2. The van der Waals surface area contributed by atoms with Gasteiger partial charge in [-0.05, 0) is 48.1 Å². The summed E-state index contributed by atoms with van der Waals surface area (Å²) >= 11 is 0. The molecule has 4 rings (SSSR count). The maximum atomic E-state index is 14.1. The van der Waals surface area contributed by atoms with Crippen molar-refractivity contribution in [2.24, 2.45) is 5.41 Å². The first-order valence-corrected chi connectivity index (χ1v) is 26.2. The molecule has 350 valence electrons. The fourth-order valence-corrected chi connectivity index (χ4v) is 10.6. The smallest absolute Gasteiger partial charge is 0.243 e. The number of benzene rings is 4. The first-order valence-electron chi connectivity index (χ1n) is 20.1. The summed E-state index contributed by atoms with van der Waals surface area (Å²) in [5.41, 5.74) is 0.823. The molecular formula is C40H59N3O15S4-2. The Kier molecular flexibility index (Phi) is 18.7. The standard InChI is InChI=1S/C40H61N3O15S4/c1-30(8-7-17-54-18-19-55-20-21-56-22-23-57-24-25-58-29-40(2,3)4)41-35-14-10-31-9-11-33-36(61(50,51)42(5)15-26-59(44,45)46)28-37(34-13-12-32(35)38(31)39(33)34)62(52,53)43(6)16-27-60(47,48)49/h9-14,28,30,41H,7-8,15-27,29H2,1-6H3,(H,44,45,46)(H,47,48,49)/p-2. The minimum atomic E-state index is -4.80. The van der Waals surface area contributed by atoms with Gasteiger partial charge >= 0.3 is 0 Å². The largest absolute Gasteiger partial charge is 0.748 e. The zero-order valence-corrected chi connectivity index (χ0v) is 39.3. The third kappa shape index (κ3) is 15.1. The summed E-state index contributed by atoms with van der Waals surface area (Å²) in [7, 11) is -16.7. The normalized spacial score (nSPS) is 14.0. The Labute approximate surface area is 366 Å². The summed E-state index contributed by atoms with van der Waals surface area (Å²) in [6, 6.07) is 11.0. The van der Waals surface area contributed by atoms with Crippen LogP contribution < -0.4 is 5.32 Å². The van der Waals surface area contributed by atoms with E-state index in [1.807, 2.05) is 19.1 Å². The number of nitrogens with one attached hydrogen (secondary N) is 1. The molecule has 18 nitrogen and oxygen atoms in total. The summed E-state index contributed by atoms with van der Waals surface area (Å²) in [6.45, 7) is 11.9. The predicted molar refractivity (Wildman–Crippen MR) is 235 cm³/mol. The zero-order chi connectivity index (χ0) is 45.9. The Morgan fingerprint density at radius 2 is 1.02 bits per heavy atom. The van der Waals surface area contributed by atoms with Crippen LogP contribution in [0.25, 0.3) is 32.3 Å². The molecule has 0 aliphatic carbocycles. The molecule has 0 aliphatic heterocycles. The van der Waals surface area contributed by atoms with Crippen LogP contribution in [0.5, 0.6) is 0 Å². The molecule has 0 spiro atoms. The molecule has 0 radical (unpaired) electrons. The van der Waals surface area contributed by atoms with Crippen molar-refractivity contribution in [2.75, 3.05) is 110 Å². The van der Waals surface area contributed by atoms with Gasteiger partial charge in [0.15, 0.2) is 0 Å². The molecule has 4 aromatic rings. The van der Waals surface area contributed by atoms with Crippen molar-refractivity contribution in [3.8, 4) is 0 Å². The van der Waals surface area contributed by atoms with Gasteiger partial charge in [-0.15, -0.1) is 0 Å². The number of hydrogen-bond donors (Lipinski definition) is 1. The summed E-state index contributed by atoms with van der Waals surface area (Å²) in [6.07, 6.45) is 1.46. The second-order valence-corrected chi connectivity index (χ2v) is 23.2. The van der Waals surface area contributed by atoms with Crippen LogP contribution in [-0.2, 0) is 64.0 Å². The first kappa shape index (κ1) is 51.8. The van der Waals surface area contributed by atoms with Crippen LogP contribution in [0, 0.1) is 5.41 Å². The van der Waals surface area contributed by atoms with Crippen LogP contribution in [-0.4, -0.2) is 162 Å². The van der Waals surface area contributed by atoms with Gasteiger partial charge in [0.25, 0.3) is 0 Å². The topological polar surface area (TPSA) is 247 Å². The first-order chi connectivity index (χ1) is 28.9. The van der Waals surface area contributed by atoms with Crippen molar-refractivity contribution in [1.29, 1.82) is 0 Å². The van der Waals surface area contributed by atoms with E-state index in [0.29, 0.717) is 96.5 Å². The van der Waals surface area contributed by atoms with Crippen molar-refractivity contribution >= 4 is 78.3 Å². The molecular weight excluding hydrogens is 891 g/mol. The molecule has 1 N–H and O–H groups in total. The van der Waals surface area contributed by atoms with Crippen LogP contribution in [0.15, 0.2) is 52.3 Å². The third-order valence-electron chi connectivity index (χ3n) is 9.75. The van der Waals surface area contributed by atoms with Crippen LogP contribution in [0.3, 0.4) is 0 Å². The number of rotatable bonds is 29. The number of ether oxygens (including phenoxy) is 5. The maximum Gasteiger partial charge on any atom is 0.243 e. The Balaban J connectivity index is 1.43. The van der Waals surface area contributed by atoms with E-state index in [1.165, 1.54) is 6.07 Å². The molecule has 0 fully saturated rings. The molecule has 0 aliphatic rings. The molecule has 0 heterocycles. The van der Waals surface area contributed by atoms with Crippen LogP contribution >= 0.6 is 0 Å². The van der Waals surface area contributed by atoms with E-state index in [9.17, 15) is 42.8 Å². The van der Waals surface area contributed by atoms with E-state index in [4.69, 9.17) is 23.7 Å². The molecule has 1 atom stereocenters. The quantitative estimate of drug-likeness (QED) is 0.0464. The minimum Gasteiger partial charge on any atom is -0.748 e. The molecule has 62 heavy (non-hydrogen) atoms. The Bertz CT molecular complexity index is 2440. The van der Waals surface area contributed by atoms with Crippen LogP contribution in [0.4, 0.5) is 5.69 Å². The van der Waals surface area contributed by atoms with Gasteiger partial charge in [-0.2, -0.15) is 8.61 Å². The van der Waals surface area contributed by atoms with Gasteiger partial charge in [0.2, 0.25) is 20.0 Å². The van der Waals surface area contributed by atoms with Crippen molar-refractivity contribution in [1.82, 2.24) is 8.61 Å². The highest BCUT2D eigenvalue weighted by Crippen LogP contribution is 2.43. The van der Waals surface area contributed by atoms with E-state index in [1.54, 1.807) is 18.2 Å². The van der Waals surface area contributed by atoms with Crippen molar-refractivity contribution in [3.05, 3.63) is 42.5 Å². The van der Waals surface area contributed by atoms with Gasteiger partial charge in [-0.3, -0.25) is 0 Å². The van der Waals surface area contributed by atoms with Gasteiger partial charge in [-0.25, -0.2) is 33.7 Å². The fourth-order valence-electron chi connectivity index (χ4n) is 6.53. The second-order valence-electron chi connectivity index (χ2n) is 16.2.